The van der Waals surface area contributed by atoms with E-state index in [0.717, 1.165) is 25.7 Å². The quantitative estimate of drug-likeness (QED) is 0.563. The van der Waals surface area contributed by atoms with Crippen molar-refractivity contribution >= 4 is 5.97 Å². The largest absolute Gasteiger partial charge is 0.481 e. The number of hydrogen-bond donors (Lipinski definition) is 2. The second kappa shape index (κ2) is 9.00. The van der Waals surface area contributed by atoms with Gasteiger partial charge in [-0.1, -0.05) is 32.6 Å². The number of carboxylic acid groups (broad SMARTS) is 1. The Morgan fingerprint density at radius 1 is 1.21 bits per heavy atom. The topological polar surface area (TPSA) is 63.3 Å². The lowest BCUT2D eigenvalue weighted by molar-refractivity contribution is -0.137. The molecule has 3 nitrogen and oxygen atoms in total. The molecule has 0 spiro atoms. The molecule has 0 aromatic carbocycles. The van der Waals surface area contributed by atoms with Gasteiger partial charge >= 0.3 is 5.97 Å². The highest BCUT2D eigenvalue weighted by Crippen LogP contribution is 2.08. The zero-order chi connectivity index (χ0) is 10.8. The van der Waals surface area contributed by atoms with Crippen LogP contribution in [0.1, 0.15) is 58.3 Å². The molecule has 14 heavy (non-hydrogen) atoms. The van der Waals surface area contributed by atoms with Crippen LogP contribution < -0.4 is 5.73 Å². The van der Waals surface area contributed by atoms with Crippen LogP contribution in [0, 0.1) is 0 Å². The second-order valence-corrected chi connectivity index (χ2v) is 3.90. The van der Waals surface area contributed by atoms with Gasteiger partial charge < -0.3 is 10.8 Å². The average molecular weight is 201 g/mol. The van der Waals surface area contributed by atoms with Gasteiger partial charge in [0.1, 0.15) is 0 Å². The molecule has 0 rings (SSSR count). The van der Waals surface area contributed by atoms with Crippen molar-refractivity contribution in [3.05, 3.63) is 0 Å². The molecule has 0 amide bonds. The van der Waals surface area contributed by atoms with Crippen LogP contribution in [-0.2, 0) is 4.79 Å². The summed E-state index contributed by atoms with van der Waals surface area (Å²) in [4.78, 5) is 10.2. The lowest BCUT2D eigenvalue weighted by atomic mass is 10.0. The number of hydrogen-bond acceptors (Lipinski definition) is 2. The minimum absolute atomic E-state index is 0.273. The Bertz CT molecular complexity index is 148. The molecule has 0 aliphatic heterocycles. The van der Waals surface area contributed by atoms with Gasteiger partial charge in [0.2, 0.25) is 0 Å². The number of carbonyl (C=O) groups is 1. The maximum Gasteiger partial charge on any atom is 0.303 e. The summed E-state index contributed by atoms with van der Waals surface area (Å²) >= 11 is 0. The Morgan fingerprint density at radius 2 is 1.79 bits per heavy atom. The molecule has 0 aliphatic carbocycles. The summed E-state index contributed by atoms with van der Waals surface area (Å²) < 4.78 is 0. The molecule has 0 heterocycles. The summed E-state index contributed by atoms with van der Waals surface area (Å²) in [6.45, 7) is 2.18. The first-order valence-corrected chi connectivity index (χ1v) is 5.64. The predicted octanol–water partition coefficient (Wildman–Crippen LogP) is 2.54. The van der Waals surface area contributed by atoms with Gasteiger partial charge in [-0.3, -0.25) is 4.79 Å². The van der Waals surface area contributed by atoms with Gasteiger partial charge in [-0.05, 0) is 19.3 Å². The first-order chi connectivity index (χ1) is 6.66. The van der Waals surface area contributed by atoms with Gasteiger partial charge in [-0.15, -0.1) is 0 Å². The van der Waals surface area contributed by atoms with E-state index >= 15 is 0 Å². The highest BCUT2D eigenvalue weighted by Gasteiger charge is 2.03. The molecule has 0 saturated heterocycles. The summed E-state index contributed by atoms with van der Waals surface area (Å²) in [5.41, 5.74) is 5.88. The van der Waals surface area contributed by atoms with E-state index in [9.17, 15) is 4.79 Å². The molecule has 84 valence electrons. The molecule has 0 radical (unpaired) electrons. The fraction of sp³-hybridized carbons (Fsp3) is 0.909. The SMILES string of the molecule is CCCCCC(N)CCCCC(=O)O. The Hall–Kier alpha value is -0.570. The van der Waals surface area contributed by atoms with E-state index in [2.05, 4.69) is 6.92 Å². The van der Waals surface area contributed by atoms with Crippen LogP contribution in [0.3, 0.4) is 0 Å². The smallest absolute Gasteiger partial charge is 0.303 e. The van der Waals surface area contributed by atoms with Crippen LogP contribution in [0.25, 0.3) is 0 Å². The monoisotopic (exact) mass is 201 g/mol. The summed E-state index contributed by atoms with van der Waals surface area (Å²) in [5, 5.41) is 8.42. The molecule has 0 aliphatic rings. The van der Waals surface area contributed by atoms with Crippen molar-refractivity contribution in [1.82, 2.24) is 0 Å². The minimum Gasteiger partial charge on any atom is -0.481 e. The van der Waals surface area contributed by atoms with Crippen molar-refractivity contribution in [3.8, 4) is 0 Å². The van der Waals surface area contributed by atoms with Gasteiger partial charge in [-0.25, -0.2) is 0 Å². The number of aliphatic carboxylic acids is 1. The lowest BCUT2D eigenvalue weighted by Gasteiger charge is -2.10. The molecule has 0 bridgehead atoms. The van der Waals surface area contributed by atoms with Crippen molar-refractivity contribution in [2.75, 3.05) is 0 Å². The van der Waals surface area contributed by atoms with Crippen LogP contribution in [0.4, 0.5) is 0 Å². The molecule has 0 fully saturated rings. The van der Waals surface area contributed by atoms with Gasteiger partial charge in [0.15, 0.2) is 0 Å². The van der Waals surface area contributed by atoms with E-state index < -0.39 is 5.97 Å². The highest BCUT2D eigenvalue weighted by molar-refractivity contribution is 5.66. The van der Waals surface area contributed by atoms with Crippen LogP contribution in [0.5, 0.6) is 0 Å². The fourth-order valence-electron chi connectivity index (χ4n) is 1.48. The Balaban J connectivity index is 3.18. The average Bonchev–Trinajstić information content (AvgIpc) is 2.13. The third-order valence-corrected chi connectivity index (χ3v) is 2.39. The van der Waals surface area contributed by atoms with E-state index in [1.165, 1.54) is 19.3 Å². The van der Waals surface area contributed by atoms with E-state index in [4.69, 9.17) is 10.8 Å². The second-order valence-electron chi connectivity index (χ2n) is 3.90. The predicted molar refractivity (Wildman–Crippen MR) is 58.2 cm³/mol. The summed E-state index contributed by atoms with van der Waals surface area (Å²) in [6.07, 6.45) is 7.72. The molecular formula is C11H23NO2. The summed E-state index contributed by atoms with van der Waals surface area (Å²) in [5.74, 6) is -0.704. The van der Waals surface area contributed by atoms with Gasteiger partial charge in [0.05, 0.1) is 0 Å². The minimum atomic E-state index is -0.704. The number of rotatable bonds is 9. The molecule has 1 unspecified atom stereocenters. The van der Waals surface area contributed by atoms with Crippen molar-refractivity contribution in [3.63, 3.8) is 0 Å². The van der Waals surface area contributed by atoms with E-state index in [-0.39, 0.29) is 12.5 Å². The maximum atomic E-state index is 10.2. The lowest BCUT2D eigenvalue weighted by Crippen LogP contribution is -2.19. The van der Waals surface area contributed by atoms with Crippen LogP contribution in [0.15, 0.2) is 0 Å². The Labute approximate surface area is 86.7 Å². The number of carboxylic acids is 1. The summed E-state index contributed by atoms with van der Waals surface area (Å²) in [6, 6.07) is 0.273. The highest BCUT2D eigenvalue weighted by atomic mass is 16.4. The van der Waals surface area contributed by atoms with E-state index in [1.807, 2.05) is 0 Å². The van der Waals surface area contributed by atoms with Gasteiger partial charge in [-0.2, -0.15) is 0 Å². The first-order valence-electron chi connectivity index (χ1n) is 5.64. The standard InChI is InChI=1S/C11H23NO2/c1-2-3-4-7-10(12)8-5-6-9-11(13)14/h10H,2-9,12H2,1H3,(H,13,14). The van der Waals surface area contributed by atoms with Gasteiger partial charge in [0.25, 0.3) is 0 Å². The third kappa shape index (κ3) is 9.52. The van der Waals surface area contributed by atoms with Crippen LogP contribution >= 0.6 is 0 Å². The molecule has 1 atom stereocenters. The third-order valence-electron chi connectivity index (χ3n) is 2.39. The molecule has 0 aromatic heterocycles. The molecule has 3 heteroatoms. The Kier molecular flexibility index (Phi) is 8.64. The molecule has 0 aromatic rings. The normalized spacial score (nSPS) is 12.7. The Morgan fingerprint density at radius 3 is 2.29 bits per heavy atom. The zero-order valence-electron chi connectivity index (χ0n) is 9.17. The fourth-order valence-corrected chi connectivity index (χ4v) is 1.48. The molecule has 3 N–H and O–H groups in total. The van der Waals surface area contributed by atoms with Crippen LogP contribution in [0.2, 0.25) is 0 Å². The van der Waals surface area contributed by atoms with Crippen LogP contribution in [-0.4, -0.2) is 17.1 Å². The van der Waals surface area contributed by atoms with E-state index in [1.54, 1.807) is 0 Å². The van der Waals surface area contributed by atoms with Crippen molar-refractivity contribution in [1.29, 1.82) is 0 Å². The zero-order valence-corrected chi connectivity index (χ0v) is 9.17. The molecular weight excluding hydrogens is 178 g/mol. The maximum absolute atomic E-state index is 10.2. The summed E-state index contributed by atoms with van der Waals surface area (Å²) in [7, 11) is 0. The first kappa shape index (κ1) is 13.4. The van der Waals surface area contributed by atoms with Crippen molar-refractivity contribution in [2.45, 2.75) is 64.3 Å². The van der Waals surface area contributed by atoms with Gasteiger partial charge in [0, 0.05) is 12.5 Å². The number of nitrogens with two attached hydrogens (primary N) is 1. The number of unbranched alkanes of at least 4 members (excludes halogenated alkanes) is 3. The molecule has 0 saturated carbocycles. The van der Waals surface area contributed by atoms with Crippen molar-refractivity contribution < 1.29 is 9.90 Å². The van der Waals surface area contributed by atoms with Crippen molar-refractivity contribution in [2.24, 2.45) is 5.73 Å². The van der Waals surface area contributed by atoms with E-state index in [0.29, 0.717) is 0 Å².